The topological polar surface area (TPSA) is 109 Å². The van der Waals surface area contributed by atoms with Crippen molar-refractivity contribution in [1.82, 2.24) is 15.1 Å². The Morgan fingerprint density at radius 2 is 1.77 bits per heavy atom. The minimum atomic E-state index is -0.947. The summed E-state index contributed by atoms with van der Waals surface area (Å²) in [6.45, 7) is 10.3. The Morgan fingerprint density at radius 3 is 2.40 bits per heavy atom. The van der Waals surface area contributed by atoms with Gasteiger partial charge >= 0.3 is 5.97 Å². The van der Waals surface area contributed by atoms with Crippen molar-refractivity contribution in [3.05, 3.63) is 46.6 Å². The monoisotopic (exact) mass is 478 g/mol. The molecule has 3 aromatic rings. The number of aromatic nitrogens is 3. The number of hydrogen-bond donors (Lipinski definition) is 1. The van der Waals surface area contributed by atoms with Crippen LogP contribution in [-0.4, -0.2) is 45.1 Å². The highest BCUT2D eigenvalue weighted by atomic mass is 16.5. The predicted molar refractivity (Wildman–Crippen MR) is 136 cm³/mol. The second-order valence-corrected chi connectivity index (χ2v) is 9.21. The van der Waals surface area contributed by atoms with E-state index in [0.29, 0.717) is 30.6 Å². The second-order valence-electron chi connectivity index (χ2n) is 9.21. The van der Waals surface area contributed by atoms with Crippen LogP contribution in [0.25, 0.3) is 22.8 Å². The predicted octanol–water partition coefficient (Wildman–Crippen LogP) is 5.19. The van der Waals surface area contributed by atoms with Gasteiger partial charge < -0.3 is 14.5 Å². The lowest BCUT2D eigenvalue weighted by Crippen LogP contribution is -2.27. The zero-order valence-corrected chi connectivity index (χ0v) is 21.4. The van der Waals surface area contributed by atoms with Crippen molar-refractivity contribution < 1.29 is 19.2 Å². The number of rotatable bonds is 11. The van der Waals surface area contributed by atoms with Crippen LogP contribution in [0.3, 0.4) is 0 Å². The summed E-state index contributed by atoms with van der Waals surface area (Å²) in [7, 11) is 2.02. The molecule has 0 amide bonds. The second kappa shape index (κ2) is 11.3. The zero-order chi connectivity index (χ0) is 25.7. The maximum Gasteiger partial charge on any atom is 0.303 e. The molecule has 0 aliphatic carbocycles. The molecule has 35 heavy (non-hydrogen) atoms. The molecule has 8 heteroatoms. The first kappa shape index (κ1) is 26.1. The van der Waals surface area contributed by atoms with Crippen molar-refractivity contribution >= 4 is 17.6 Å². The Kier molecular flexibility index (Phi) is 8.38. The van der Waals surface area contributed by atoms with Gasteiger partial charge in [0.2, 0.25) is 5.82 Å². The van der Waals surface area contributed by atoms with Crippen molar-refractivity contribution in [3.63, 3.8) is 0 Å². The molecule has 0 aliphatic heterocycles. The fraction of sp³-hybridized carbons (Fsp3) is 0.444. The number of carboxylic acid groups (broad SMARTS) is 1. The van der Waals surface area contributed by atoms with Crippen LogP contribution in [0.5, 0.6) is 0 Å². The summed E-state index contributed by atoms with van der Waals surface area (Å²) in [6.07, 6.45) is 3.43. The van der Waals surface area contributed by atoms with Crippen molar-refractivity contribution in [2.75, 3.05) is 11.9 Å². The van der Waals surface area contributed by atoms with Gasteiger partial charge in [-0.15, -0.1) is 0 Å². The minimum absolute atomic E-state index is 0.0322. The van der Waals surface area contributed by atoms with Crippen molar-refractivity contribution in [2.45, 2.75) is 72.8 Å². The molecule has 0 fully saturated rings. The molecule has 0 radical (unpaired) electrons. The molecule has 0 saturated carbocycles. The zero-order valence-electron chi connectivity index (χ0n) is 21.4. The SMILES string of the molecule is CCc1cc(-c2noc(-c3cnc(N(C)C(C)C)c(C)c3)n2)cc(C)c1CCC(=O)CCC(=O)O. The Bertz CT molecular complexity index is 1220. The Hall–Kier alpha value is -3.55. The smallest absolute Gasteiger partial charge is 0.303 e. The first-order valence-electron chi connectivity index (χ1n) is 12.0. The summed E-state index contributed by atoms with van der Waals surface area (Å²) >= 11 is 0. The lowest BCUT2D eigenvalue weighted by Gasteiger charge is -2.24. The first-order chi connectivity index (χ1) is 16.6. The number of aryl methyl sites for hydroxylation is 3. The molecule has 8 nitrogen and oxygen atoms in total. The molecule has 1 aromatic carbocycles. The van der Waals surface area contributed by atoms with E-state index >= 15 is 0 Å². The van der Waals surface area contributed by atoms with E-state index in [1.165, 1.54) is 0 Å². The van der Waals surface area contributed by atoms with Crippen LogP contribution in [0, 0.1) is 13.8 Å². The molecular formula is C27H34N4O4. The molecule has 0 unspecified atom stereocenters. The van der Waals surface area contributed by atoms with Gasteiger partial charge in [-0.05, 0) is 81.0 Å². The number of benzene rings is 1. The van der Waals surface area contributed by atoms with Crippen molar-refractivity contribution in [1.29, 1.82) is 0 Å². The van der Waals surface area contributed by atoms with Crippen LogP contribution in [-0.2, 0) is 22.4 Å². The largest absolute Gasteiger partial charge is 0.481 e. The van der Waals surface area contributed by atoms with Gasteiger partial charge in [0.05, 0.1) is 12.0 Å². The highest BCUT2D eigenvalue weighted by molar-refractivity contribution is 5.82. The third-order valence-electron chi connectivity index (χ3n) is 6.31. The highest BCUT2D eigenvalue weighted by Gasteiger charge is 2.17. The van der Waals surface area contributed by atoms with Gasteiger partial charge in [0, 0.05) is 37.7 Å². The molecule has 0 saturated heterocycles. The Balaban J connectivity index is 1.81. The minimum Gasteiger partial charge on any atom is -0.481 e. The molecule has 0 aliphatic rings. The maximum absolute atomic E-state index is 12.1. The molecule has 1 N–H and O–H groups in total. The molecular weight excluding hydrogens is 444 g/mol. The summed E-state index contributed by atoms with van der Waals surface area (Å²) in [5, 5.41) is 13.0. The van der Waals surface area contributed by atoms with E-state index in [4.69, 9.17) is 9.63 Å². The standard InChI is InChI=1S/C27H34N4O4/c1-7-19-14-20(12-17(4)23(19)10-8-22(32)9-11-24(33)34)25-29-27(35-30-25)21-13-18(5)26(28-15-21)31(6)16(2)3/h12-16H,7-11H2,1-6H3,(H,33,34). The van der Waals surface area contributed by atoms with E-state index < -0.39 is 5.97 Å². The van der Waals surface area contributed by atoms with E-state index in [1.807, 2.05) is 39.1 Å². The normalized spacial score (nSPS) is 11.2. The average Bonchev–Trinajstić information content (AvgIpc) is 3.31. The van der Waals surface area contributed by atoms with E-state index in [2.05, 4.69) is 40.8 Å². The Labute approximate surface area is 206 Å². The van der Waals surface area contributed by atoms with E-state index in [0.717, 1.165) is 45.6 Å². The van der Waals surface area contributed by atoms with Crippen LogP contribution in [0.2, 0.25) is 0 Å². The first-order valence-corrected chi connectivity index (χ1v) is 12.0. The lowest BCUT2D eigenvalue weighted by molar-refractivity contribution is -0.138. The van der Waals surface area contributed by atoms with Crippen LogP contribution in [0.1, 0.15) is 62.3 Å². The summed E-state index contributed by atoms with van der Waals surface area (Å²) in [5.41, 5.74) is 5.95. The summed E-state index contributed by atoms with van der Waals surface area (Å²) < 4.78 is 5.57. The molecule has 0 bridgehead atoms. The lowest BCUT2D eigenvalue weighted by atomic mass is 9.92. The quantitative estimate of drug-likeness (QED) is 0.401. The average molecular weight is 479 g/mol. The van der Waals surface area contributed by atoms with Gasteiger partial charge in [-0.2, -0.15) is 4.98 Å². The molecule has 2 aromatic heterocycles. The fourth-order valence-corrected chi connectivity index (χ4v) is 4.08. The molecule has 186 valence electrons. The maximum atomic E-state index is 12.1. The number of ketones is 1. The number of carbonyl (C=O) groups excluding carboxylic acids is 1. The van der Waals surface area contributed by atoms with E-state index in [-0.39, 0.29) is 18.6 Å². The number of hydrogen-bond acceptors (Lipinski definition) is 7. The van der Waals surface area contributed by atoms with Crippen molar-refractivity contribution in [3.8, 4) is 22.8 Å². The van der Waals surface area contributed by atoms with Gasteiger partial charge in [-0.3, -0.25) is 9.59 Å². The fourth-order valence-electron chi connectivity index (χ4n) is 4.08. The van der Waals surface area contributed by atoms with Crippen LogP contribution in [0.4, 0.5) is 5.82 Å². The molecule has 0 atom stereocenters. The number of Topliss-reactive ketones (excluding diaryl/α,β-unsaturated/α-hetero) is 1. The third-order valence-corrected chi connectivity index (χ3v) is 6.31. The number of aliphatic carboxylic acids is 1. The van der Waals surface area contributed by atoms with Gasteiger partial charge in [-0.1, -0.05) is 12.1 Å². The molecule has 3 rings (SSSR count). The van der Waals surface area contributed by atoms with Gasteiger partial charge in [0.25, 0.3) is 5.89 Å². The number of anilines is 1. The van der Waals surface area contributed by atoms with Crippen LogP contribution >= 0.6 is 0 Å². The third kappa shape index (κ3) is 6.32. The van der Waals surface area contributed by atoms with Crippen LogP contribution < -0.4 is 4.90 Å². The van der Waals surface area contributed by atoms with Gasteiger partial charge in [0.15, 0.2) is 0 Å². The van der Waals surface area contributed by atoms with Crippen molar-refractivity contribution in [2.24, 2.45) is 0 Å². The summed E-state index contributed by atoms with van der Waals surface area (Å²) in [5.74, 6) is 0.859. The van der Waals surface area contributed by atoms with Crippen LogP contribution in [0.15, 0.2) is 28.9 Å². The summed E-state index contributed by atoms with van der Waals surface area (Å²) in [4.78, 5) is 34.1. The molecule has 2 heterocycles. The number of carbonyl (C=O) groups is 2. The molecule has 0 spiro atoms. The summed E-state index contributed by atoms with van der Waals surface area (Å²) in [6, 6.07) is 6.40. The Morgan fingerprint density at radius 1 is 1.06 bits per heavy atom. The van der Waals surface area contributed by atoms with E-state index in [9.17, 15) is 9.59 Å². The van der Waals surface area contributed by atoms with E-state index in [1.54, 1.807) is 6.20 Å². The number of pyridine rings is 1. The highest BCUT2D eigenvalue weighted by Crippen LogP contribution is 2.29. The van der Waals surface area contributed by atoms with Gasteiger partial charge in [-0.25, -0.2) is 4.98 Å². The van der Waals surface area contributed by atoms with Gasteiger partial charge in [0.1, 0.15) is 11.6 Å². The number of carboxylic acids is 1. The number of nitrogens with zero attached hydrogens (tertiary/aromatic N) is 4.